The van der Waals surface area contributed by atoms with Gasteiger partial charge in [-0.2, -0.15) is 5.10 Å². The lowest BCUT2D eigenvalue weighted by Crippen LogP contribution is -2.35. The summed E-state index contributed by atoms with van der Waals surface area (Å²) in [6.07, 6.45) is 0. The molecule has 3 rings (SSSR count). The number of aryl methyl sites for hydroxylation is 1. The van der Waals surface area contributed by atoms with Gasteiger partial charge in [-0.25, -0.2) is 8.78 Å². The standard InChI is InChI=1S/C15H15F2N3O/c1-8-12-13(15(2,3)18-14(12)21)20(19-8)7-9-10(16)5-4-6-11(9)17/h4-6H,7H2,1-3H3,(H,18,21). The van der Waals surface area contributed by atoms with E-state index in [1.54, 1.807) is 6.92 Å². The van der Waals surface area contributed by atoms with Crippen molar-refractivity contribution in [1.82, 2.24) is 15.1 Å². The molecule has 21 heavy (non-hydrogen) atoms. The van der Waals surface area contributed by atoms with E-state index in [-0.39, 0.29) is 18.0 Å². The SMILES string of the molecule is Cc1nn(Cc2c(F)cccc2F)c2c1C(=O)NC2(C)C. The zero-order chi connectivity index (χ0) is 15.4. The summed E-state index contributed by atoms with van der Waals surface area (Å²) in [5, 5.41) is 7.13. The highest BCUT2D eigenvalue weighted by molar-refractivity contribution is 6.00. The highest BCUT2D eigenvalue weighted by Crippen LogP contribution is 2.33. The average molecular weight is 291 g/mol. The van der Waals surface area contributed by atoms with Crippen molar-refractivity contribution >= 4 is 5.91 Å². The second-order valence-electron chi connectivity index (χ2n) is 5.75. The summed E-state index contributed by atoms with van der Waals surface area (Å²) >= 11 is 0. The molecule has 0 saturated carbocycles. The first kappa shape index (κ1) is 13.7. The van der Waals surface area contributed by atoms with Crippen LogP contribution in [0.1, 0.15) is 41.2 Å². The van der Waals surface area contributed by atoms with Crippen molar-refractivity contribution in [2.75, 3.05) is 0 Å². The maximum absolute atomic E-state index is 13.8. The van der Waals surface area contributed by atoms with Crippen LogP contribution in [0.5, 0.6) is 0 Å². The maximum atomic E-state index is 13.8. The Kier molecular flexibility index (Phi) is 2.86. The molecule has 0 aliphatic carbocycles. The van der Waals surface area contributed by atoms with Crippen LogP contribution in [0.4, 0.5) is 8.78 Å². The lowest BCUT2D eigenvalue weighted by Gasteiger charge is -2.21. The molecule has 6 heteroatoms. The van der Waals surface area contributed by atoms with Crippen LogP contribution in [-0.2, 0) is 12.1 Å². The first-order valence-electron chi connectivity index (χ1n) is 6.64. The number of aromatic nitrogens is 2. The van der Waals surface area contributed by atoms with Gasteiger partial charge in [0.05, 0.1) is 29.0 Å². The normalized spacial score (nSPS) is 16.0. The molecule has 0 spiro atoms. The number of fused-ring (bicyclic) bond motifs is 1. The van der Waals surface area contributed by atoms with Crippen LogP contribution in [-0.4, -0.2) is 15.7 Å². The average Bonchev–Trinajstić information content (AvgIpc) is 2.82. The third-order valence-corrected chi connectivity index (χ3v) is 3.74. The Morgan fingerprint density at radius 2 is 1.90 bits per heavy atom. The van der Waals surface area contributed by atoms with E-state index < -0.39 is 17.2 Å². The number of carbonyl (C=O) groups is 1. The van der Waals surface area contributed by atoms with Gasteiger partial charge in [-0.1, -0.05) is 6.07 Å². The number of carbonyl (C=O) groups excluding carboxylic acids is 1. The summed E-state index contributed by atoms with van der Waals surface area (Å²) in [5.41, 5.74) is 1.04. The van der Waals surface area contributed by atoms with Gasteiger partial charge in [0, 0.05) is 5.56 Å². The molecular weight excluding hydrogens is 276 g/mol. The van der Waals surface area contributed by atoms with Crippen LogP contribution >= 0.6 is 0 Å². The van der Waals surface area contributed by atoms with Gasteiger partial charge in [0.1, 0.15) is 11.6 Å². The largest absolute Gasteiger partial charge is 0.341 e. The van der Waals surface area contributed by atoms with Crippen molar-refractivity contribution < 1.29 is 13.6 Å². The topological polar surface area (TPSA) is 46.9 Å². The molecule has 1 aliphatic heterocycles. The number of rotatable bonds is 2. The Hall–Kier alpha value is -2.24. The first-order chi connectivity index (χ1) is 9.81. The molecule has 0 bridgehead atoms. The van der Waals surface area contributed by atoms with Crippen molar-refractivity contribution in [2.24, 2.45) is 0 Å². The number of hydrogen-bond acceptors (Lipinski definition) is 2. The molecule has 1 aliphatic rings. The molecule has 1 N–H and O–H groups in total. The van der Waals surface area contributed by atoms with E-state index >= 15 is 0 Å². The Labute approximate surface area is 120 Å². The Bertz CT molecular complexity index is 729. The fourth-order valence-corrected chi connectivity index (χ4v) is 2.84. The first-order valence-corrected chi connectivity index (χ1v) is 6.64. The van der Waals surface area contributed by atoms with E-state index in [0.29, 0.717) is 17.0 Å². The zero-order valence-electron chi connectivity index (χ0n) is 12.0. The highest BCUT2D eigenvalue weighted by Gasteiger charge is 2.41. The quantitative estimate of drug-likeness (QED) is 0.924. The zero-order valence-corrected chi connectivity index (χ0v) is 12.0. The summed E-state index contributed by atoms with van der Waals surface area (Å²) in [6, 6.07) is 3.75. The fourth-order valence-electron chi connectivity index (χ4n) is 2.84. The highest BCUT2D eigenvalue weighted by atomic mass is 19.1. The van der Waals surface area contributed by atoms with Gasteiger partial charge in [0.25, 0.3) is 5.91 Å². The minimum atomic E-state index is -0.619. The molecule has 0 unspecified atom stereocenters. The van der Waals surface area contributed by atoms with Crippen LogP contribution in [0.15, 0.2) is 18.2 Å². The molecule has 0 fully saturated rings. The molecular formula is C15H15F2N3O. The van der Waals surface area contributed by atoms with Crippen LogP contribution < -0.4 is 5.32 Å². The Morgan fingerprint density at radius 3 is 2.52 bits per heavy atom. The third kappa shape index (κ3) is 2.02. The lowest BCUT2D eigenvalue weighted by molar-refractivity contribution is 0.0938. The predicted molar refractivity (Wildman–Crippen MR) is 72.9 cm³/mol. The van der Waals surface area contributed by atoms with Gasteiger partial charge in [-0.05, 0) is 32.9 Å². The maximum Gasteiger partial charge on any atom is 0.255 e. The fraction of sp³-hybridized carbons (Fsp3) is 0.333. The van der Waals surface area contributed by atoms with E-state index in [1.807, 2.05) is 13.8 Å². The molecule has 1 aromatic heterocycles. The summed E-state index contributed by atoms with van der Waals surface area (Å²) < 4.78 is 29.1. The molecule has 0 atom stereocenters. The summed E-state index contributed by atoms with van der Waals surface area (Å²) in [7, 11) is 0. The number of nitrogens with zero attached hydrogens (tertiary/aromatic N) is 2. The lowest BCUT2D eigenvalue weighted by atomic mass is 10.0. The van der Waals surface area contributed by atoms with Crippen LogP contribution in [0.2, 0.25) is 0 Å². The number of benzene rings is 1. The van der Waals surface area contributed by atoms with Crippen LogP contribution in [0, 0.1) is 18.6 Å². The second kappa shape index (κ2) is 4.38. The molecule has 110 valence electrons. The summed E-state index contributed by atoms with van der Waals surface area (Å²) in [4.78, 5) is 12.0. The van der Waals surface area contributed by atoms with E-state index in [2.05, 4.69) is 10.4 Å². The number of nitrogens with one attached hydrogen (secondary N) is 1. The molecule has 4 nitrogen and oxygen atoms in total. The van der Waals surface area contributed by atoms with Crippen molar-refractivity contribution in [3.8, 4) is 0 Å². The summed E-state index contributed by atoms with van der Waals surface area (Å²) in [6.45, 7) is 5.35. The molecule has 0 saturated heterocycles. The second-order valence-corrected chi connectivity index (χ2v) is 5.75. The van der Waals surface area contributed by atoms with E-state index in [1.165, 1.54) is 22.9 Å². The van der Waals surface area contributed by atoms with Crippen molar-refractivity contribution in [1.29, 1.82) is 0 Å². The number of halogens is 2. The minimum Gasteiger partial charge on any atom is -0.341 e. The predicted octanol–water partition coefficient (Wildman–Crippen LogP) is 2.50. The monoisotopic (exact) mass is 291 g/mol. The van der Waals surface area contributed by atoms with Gasteiger partial charge >= 0.3 is 0 Å². The van der Waals surface area contributed by atoms with Gasteiger partial charge < -0.3 is 5.32 Å². The third-order valence-electron chi connectivity index (χ3n) is 3.74. The number of amides is 1. The van der Waals surface area contributed by atoms with Crippen molar-refractivity contribution in [3.63, 3.8) is 0 Å². The van der Waals surface area contributed by atoms with E-state index in [9.17, 15) is 13.6 Å². The van der Waals surface area contributed by atoms with Crippen molar-refractivity contribution in [2.45, 2.75) is 32.9 Å². The molecule has 1 aromatic carbocycles. The number of hydrogen-bond donors (Lipinski definition) is 1. The van der Waals surface area contributed by atoms with Gasteiger partial charge in [-0.15, -0.1) is 0 Å². The van der Waals surface area contributed by atoms with Gasteiger partial charge in [0.2, 0.25) is 0 Å². The van der Waals surface area contributed by atoms with Crippen LogP contribution in [0.3, 0.4) is 0 Å². The van der Waals surface area contributed by atoms with Crippen molar-refractivity contribution in [3.05, 3.63) is 52.3 Å². The molecule has 2 aromatic rings. The van der Waals surface area contributed by atoms with Gasteiger partial charge in [0.15, 0.2) is 0 Å². The van der Waals surface area contributed by atoms with Crippen LogP contribution in [0.25, 0.3) is 0 Å². The minimum absolute atomic E-state index is 0.0485. The van der Waals surface area contributed by atoms with E-state index in [0.717, 1.165) is 0 Å². The van der Waals surface area contributed by atoms with E-state index in [4.69, 9.17) is 0 Å². The molecule has 1 amide bonds. The molecule has 0 radical (unpaired) electrons. The van der Waals surface area contributed by atoms with Gasteiger partial charge in [-0.3, -0.25) is 9.48 Å². The Balaban J connectivity index is 2.12. The summed E-state index contributed by atoms with van der Waals surface area (Å²) in [5.74, 6) is -1.44. The Morgan fingerprint density at radius 1 is 1.29 bits per heavy atom. The molecule has 2 heterocycles. The smallest absolute Gasteiger partial charge is 0.255 e.